The van der Waals surface area contributed by atoms with Gasteiger partial charge in [-0.3, -0.25) is 9.59 Å². The van der Waals surface area contributed by atoms with Crippen LogP contribution in [0.4, 0.5) is 0 Å². The number of hydrogen-bond donors (Lipinski definition) is 0. The molecule has 6 heteroatoms. The second-order valence-electron chi connectivity index (χ2n) is 12.7. The Morgan fingerprint density at radius 3 is 1.62 bits per heavy atom. The van der Waals surface area contributed by atoms with Crippen LogP contribution in [0.1, 0.15) is 126 Å². The van der Waals surface area contributed by atoms with Crippen molar-refractivity contribution in [3.8, 4) is 0 Å². The molecule has 0 spiro atoms. The fourth-order valence-electron chi connectivity index (χ4n) is 5.21. The molecule has 2 unspecified atom stereocenters. The summed E-state index contributed by atoms with van der Waals surface area (Å²) >= 11 is 0. The Balaban J connectivity index is 1.62. The molecule has 0 bridgehead atoms. The van der Waals surface area contributed by atoms with Crippen molar-refractivity contribution in [3.63, 3.8) is 0 Å². The third-order valence-corrected chi connectivity index (χ3v) is 9.65. The van der Waals surface area contributed by atoms with Gasteiger partial charge in [0.05, 0.1) is 24.5 Å². The van der Waals surface area contributed by atoms with E-state index in [4.69, 9.17) is 18.9 Å². The van der Waals surface area contributed by atoms with Crippen molar-refractivity contribution in [2.45, 2.75) is 144 Å². The van der Waals surface area contributed by atoms with Crippen LogP contribution < -0.4 is 0 Å². The van der Waals surface area contributed by atoms with Gasteiger partial charge in [-0.1, -0.05) is 34.6 Å². The van der Waals surface area contributed by atoms with Crippen LogP contribution in [0.2, 0.25) is 0 Å². The highest BCUT2D eigenvalue weighted by atomic mass is 16.7. The lowest BCUT2D eigenvalue weighted by Crippen LogP contribution is -2.36. The topological polar surface area (TPSA) is 71.1 Å². The van der Waals surface area contributed by atoms with Crippen molar-refractivity contribution >= 4 is 11.9 Å². The van der Waals surface area contributed by atoms with Crippen LogP contribution in [-0.2, 0) is 28.5 Å². The maximum absolute atomic E-state index is 12.7. The van der Waals surface area contributed by atoms with Crippen LogP contribution in [0.3, 0.4) is 0 Å². The maximum Gasteiger partial charge on any atom is 0.311 e. The van der Waals surface area contributed by atoms with Crippen molar-refractivity contribution in [3.05, 3.63) is 0 Å². The van der Waals surface area contributed by atoms with Crippen LogP contribution in [0.5, 0.6) is 0 Å². The molecule has 2 aliphatic rings. The predicted molar refractivity (Wildman–Crippen MR) is 147 cm³/mol. The van der Waals surface area contributed by atoms with E-state index in [2.05, 4.69) is 27.7 Å². The zero-order valence-corrected chi connectivity index (χ0v) is 25.1. The van der Waals surface area contributed by atoms with E-state index in [1.54, 1.807) is 0 Å². The molecule has 2 aliphatic carbocycles. The van der Waals surface area contributed by atoms with Gasteiger partial charge < -0.3 is 18.9 Å². The largest absolute Gasteiger partial charge is 0.459 e. The third-order valence-electron chi connectivity index (χ3n) is 9.65. The Morgan fingerprint density at radius 1 is 0.703 bits per heavy atom. The van der Waals surface area contributed by atoms with E-state index in [-0.39, 0.29) is 35.3 Å². The van der Waals surface area contributed by atoms with Gasteiger partial charge in [-0.25, -0.2) is 0 Å². The van der Waals surface area contributed by atoms with Crippen molar-refractivity contribution in [1.29, 1.82) is 0 Å². The summed E-state index contributed by atoms with van der Waals surface area (Å²) in [5, 5.41) is 0. The molecule has 0 heterocycles. The van der Waals surface area contributed by atoms with E-state index in [1.807, 2.05) is 27.7 Å². The fraction of sp³-hybridized carbons (Fsp3) is 0.935. The number of carbonyl (C=O) groups is 2. The van der Waals surface area contributed by atoms with Crippen LogP contribution >= 0.6 is 0 Å². The van der Waals surface area contributed by atoms with Gasteiger partial charge in [-0.05, 0) is 109 Å². The molecule has 0 aromatic rings. The summed E-state index contributed by atoms with van der Waals surface area (Å²) in [6.07, 6.45) is 9.77. The zero-order chi connectivity index (χ0) is 27.6. The molecular weight excluding hydrogens is 468 g/mol. The van der Waals surface area contributed by atoms with Gasteiger partial charge in [-0.15, -0.1) is 0 Å². The van der Waals surface area contributed by atoms with E-state index in [9.17, 15) is 9.59 Å². The van der Waals surface area contributed by atoms with Gasteiger partial charge in [0, 0.05) is 6.61 Å². The summed E-state index contributed by atoms with van der Waals surface area (Å²) in [4.78, 5) is 25.3. The van der Waals surface area contributed by atoms with E-state index in [0.29, 0.717) is 44.1 Å². The molecule has 0 aromatic heterocycles. The second kappa shape index (κ2) is 14.9. The normalized spacial score (nSPS) is 26.8. The molecule has 0 saturated heterocycles. The molecule has 2 saturated carbocycles. The highest BCUT2D eigenvalue weighted by Gasteiger charge is 2.35. The number of rotatable bonds is 14. The molecule has 0 amide bonds. The van der Waals surface area contributed by atoms with Crippen LogP contribution in [0, 0.1) is 29.1 Å². The summed E-state index contributed by atoms with van der Waals surface area (Å²) in [6.45, 7) is 18.3. The Bertz CT molecular complexity index is 684. The van der Waals surface area contributed by atoms with E-state index in [0.717, 1.165) is 38.7 Å². The minimum Gasteiger partial charge on any atom is -0.459 e. The molecule has 0 aliphatic heterocycles. The first-order chi connectivity index (χ1) is 17.4. The molecule has 216 valence electrons. The number of esters is 2. The summed E-state index contributed by atoms with van der Waals surface area (Å²) in [5.74, 6) is 0.560. The lowest BCUT2D eigenvalue weighted by atomic mass is 9.82. The summed E-state index contributed by atoms with van der Waals surface area (Å²) in [7, 11) is 0. The average molecular weight is 525 g/mol. The van der Waals surface area contributed by atoms with E-state index < -0.39 is 11.9 Å². The Morgan fingerprint density at radius 2 is 1.16 bits per heavy atom. The van der Waals surface area contributed by atoms with Crippen LogP contribution in [-0.4, -0.2) is 43.1 Å². The Kier molecular flexibility index (Phi) is 12.9. The lowest BCUT2D eigenvalue weighted by molar-refractivity contribution is -0.185. The molecule has 37 heavy (non-hydrogen) atoms. The average Bonchev–Trinajstić information content (AvgIpc) is 2.90. The van der Waals surface area contributed by atoms with Crippen molar-refractivity contribution in [2.24, 2.45) is 29.1 Å². The van der Waals surface area contributed by atoms with Gasteiger partial charge in [-0.2, -0.15) is 0 Å². The quantitative estimate of drug-likeness (QED) is 0.173. The molecular formula is C31H56O6. The van der Waals surface area contributed by atoms with Crippen molar-refractivity contribution in [2.75, 3.05) is 13.2 Å². The maximum atomic E-state index is 12.7. The Labute approximate surface area is 226 Å². The molecule has 2 atom stereocenters. The van der Waals surface area contributed by atoms with Gasteiger partial charge in [0.25, 0.3) is 0 Å². The van der Waals surface area contributed by atoms with Gasteiger partial charge in [0.15, 0.2) is 6.29 Å². The van der Waals surface area contributed by atoms with Crippen molar-refractivity contribution in [1.82, 2.24) is 0 Å². The van der Waals surface area contributed by atoms with Crippen LogP contribution in [0.25, 0.3) is 0 Å². The number of carbonyl (C=O) groups excluding carboxylic acids is 2. The molecule has 0 aromatic carbocycles. The zero-order valence-electron chi connectivity index (χ0n) is 25.1. The summed E-state index contributed by atoms with van der Waals surface area (Å²) < 4.78 is 23.5. The smallest absolute Gasteiger partial charge is 0.311 e. The first-order valence-corrected chi connectivity index (χ1v) is 15.1. The number of hydrogen-bond acceptors (Lipinski definition) is 6. The van der Waals surface area contributed by atoms with Gasteiger partial charge in [0.1, 0.15) is 5.60 Å². The standard InChI is InChI=1S/C31H56O6/c1-9-30(6,7)22(4)34-20-24-12-14-25(15-13-24)21-35-23(5)36-28(32)26-16-18-27(19-17-26)29(33)37-31(8,10-2)11-3/h22-27H,9-21H2,1-8H3. The van der Waals surface area contributed by atoms with Crippen LogP contribution in [0.15, 0.2) is 0 Å². The molecule has 6 nitrogen and oxygen atoms in total. The second-order valence-corrected chi connectivity index (χ2v) is 12.7. The summed E-state index contributed by atoms with van der Waals surface area (Å²) in [5.41, 5.74) is -0.174. The number of ether oxygens (including phenoxy) is 4. The third kappa shape index (κ3) is 10.2. The molecule has 0 N–H and O–H groups in total. The minimum absolute atomic E-state index is 0.114. The van der Waals surface area contributed by atoms with Gasteiger partial charge >= 0.3 is 11.9 Å². The highest BCUT2D eigenvalue weighted by molar-refractivity contribution is 5.75. The fourth-order valence-corrected chi connectivity index (χ4v) is 5.21. The first kappa shape index (κ1) is 32.1. The predicted octanol–water partition coefficient (Wildman–Crippen LogP) is 7.47. The SMILES string of the molecule is CCC(C)(CC)OC(=O)C1CCC(C(=O)OC(C)OCC2CCC(COC(C)C(C)(C)CC)CC2)CC1. The van der Waals surface area contributed by atoms with Crippen molar-refractivity contribution < 1.29 is 28.5 Å². The monoisotopic (exact) mass is 524 g/mol. The molecule has 2 rings (SSSR count). The Hall–Kier alpha value is -1.14. The van der Waals surface area contributed by atoms with E-state index >= 15 is 0 Å². The lowest BCUT2D eigenvalue weighted by Gasteiger charge is -2.34. The molecule has 2 fully saturated rings. The minimum atomic E-state index is -0.539. The summed E-state index contributed by atoms with van der Waals surface area (Å²) in [6, 6.07) is 0. The first-order valence-electron chi connectivity index (χ1n) is 15.1. The van der Waals surface area contributed by atoms with Gasteiger partial charge in [0.2, 0.25) is 0 Å². The molecule has 0 radical (unpaired) electrons. The highest BCUT2D eigenvalue weighted by Crippen LogP contribution is 2.34. The van der Waals surface area contributed by atoms with E-state index in [1.165, 1.54) is 12.8 Å².